The van der Waals surface area contributed by atoms with Crippen molar-refractivity contribution in [1.82, 2.24) is 0 Å². The highest BCUT2D eigenvalue weighted by atomic mass is 16.3. The molecule has 0 amide bonds. The molecule has 0 atom stereocenters. The van der Waals surface area contributed by atoms with E-state index in [9.17, 15) is 0 Å². The van der Waals surface area contributed by atoms with Crippen molar-refractivity contribution in [2.24, 2.45) is 0 Å². The first-order valence-corrected chi connectivity index (χ1v) is 21.8. The number of hydrogen-bond acceptors (Lipinski definition) is 2. The van der Waals surface area contributed by atoms with Crippen molar-refractivity contribution in [1.29, 1.82) is 0 Å². The molecule has 13 rings (SSSR count). The van der Waals surface area contributed by atoms with Gasteiger partial charge in [-0.1, -0.05) is 200 Å². The number of para-hydroxylation sites is 3. The van der Waals surface area contributed by atoms with Gasteiger partial charge in [0.05, 0.1) is 16.8 Å². The molecule has 0 aliphatic heterocycles. The zero-order valence-corrected chi connectivity index (χ0v) is 34.4. The van der Waals surface area contributed by atoms with E-state index in [0.29, 0.717) is 0 Å². The Balaban J connectivity index is 1.10. The van der Waals surface area contributed by atoms with Crippen molar-refractivity contribution in [2.45, 2.75) is 5.41 Å². The lowest BCUT2D eigenvalue weighted by Crippen LogP contribution is -2.25. The third-order valence-corrected chi connectivity index (χ3v) is 13.5. The maximum Gasteiger partial charge on any atom is 0.136 e. The molecule has 1 aromatic heterocycles. The molecule has 63 heavy (non-hydrogen) atoms. The number of benzene rings is 10. The monoisotopic (exact) mass is 801 g/mol. The van der Waals surface area contributed by atoms with Crippen LogP contribution in [0.4, 0.5) is 17.1 Å². The van der Waals surface area contributed by atoms with Crippen LogP contribution in [0.15, 0.2) is 241 Å². The van der Waals surface area contributed by atoms with Crippen LogP contribution in [0.25, 0.3) is 77.6 Å². The fourth-order valence-electron chi connectivity index (χ4n) is 11.0. The van der Waals surface area contributed by atoms with Crippen molar-refractivity contribution >= 4 is 39.0 Å². The molecule has 0 saturated carbocycles. The molecule has 1 spiro atoms. The highest BCUT2D eigenvalue weighted by Crippen LogP contribution is 2.63. The summed E-state index contributed by atoms with van der Waals surface area (Å²) in [5, 5.41) is 2.23. The first-order chi connectivity index (χ1) is 31.3. The van der Waals surface area contributed by atoms with Crippen molar-refractivity contribution in [2.75, 3.05) is 4.90 Å². The number of fused-ring (bicyclic) bond motifs is 13. The first kappa shape index (κ1) is 35.5. The lowest BCUT2D eigenvalue weighted by atomic mass is 9.70. The summed E-state index contributed by atoms with van der Waals surface area (Å²) in [4.78, 5) is 2.50. The first-order valence-electron chi connectivity index (χ1n) is 21.8. The van der Waals surface area contributed by atoms with Gasteiger partial charge in [-0.3, -0.25) is 0 Å². The van der Waals surface area contributed by atoms with Gasteiger partial charge in [0, 0.05) is 27.6 Å². The molecule has 294 valence electrons. The Kier molecular flexibility index (Phi) is 7.85. The molecule has 2 aliphatic rings. The summed E-state index contributed by atoms with van der Waals surface area (Å²) >= 11 is 0. The summed E-state index contributed by atoms with van der Waals surface area (Å²) < 4.78 is 6.48. The van der Waals surface area contributed by atoms with Crippen LogP contribution >= 0.6 is 0 Å². The van der Waals surface area contributed by atoms with E-state index in [4.69, 9.17) is 4.42 Å². The summed E-state index contributed by atoms with van der Waals surface area (Å²) in [7, 11) is 0. The van der Waals surface area contributed by atoms with E-state index < -0.39 is 5.41 Å². The average Bonchev–Trinajstić information content (AvgIpc) is 3.99. The van der Waals surface area contributed by atoms with Crippen molar-refractivity contribution in [3.05, 3.63) is 259 Å². The van der Waals surface area contributed by atoms with Gasteiger partial charge in [0.15, 0.2) is 0 Å². The van der Waals surface area contributed by atoms with E-state index in [1.165, 1.54) is 61.2 Å². The second-order valence-electron chi connectivity index (χ2n) is 16.7. The van der Waals surface area contributed by atoms with Crippen molar-refractivity contribution in [3.8, 4) is 55.6 Å². The van der Waals surface area contributed by atoms with E-state index in [1.807, 2.05) is 6.07 Å². The summed E-state index contributed by atoms with van der Waals surface area (Å²) in [5.74, 6) is 0. The summed E-state index contributed by atoms with van der Waals surface area (Å²) in [6.45, 7) is 0. The molecule has 0 fully saturated rings. The minimum atomic E-state index is -0.426. The Morgan fingerprint density at radius 2 is 0.762 bits per heavy atom. The van der Waals surface area contributed by atoms with Gasteiger partial charge in [-0.2, -0.15) is 0 Å². The van der Waals surface area contributed by atoms with E-state index in [0.717, 1.165) is 55.7 Å². The SMILES string of the molecule is c1ccc(-c2ccccc2-c2ccccc2N(c2ccc3c(c2)-c2ccccc2C32c3ccccc3-c3ccccc32)c2ccccc2-c2cccc3oc4ccccc4c23)cc1. The van der Waals surface area contributed by atoms with Gasteiger partial charge >= 0.3 is 0 Å². The Labute approximate surface area is 366 Å². The number of furan rings is 1. The van der Waals surface area contributed by atoms with E-state index >= 15 is 0 Å². The predicted molar refractivity (Wildman–Crippen MR) is 261 cm³/mol. The predicted octanol–water partition coefficient (Wildman–Crippen LogP) is 16.4. The van der Waals surface area contributed by atoms with Crippen LogP contribution in [0.1, 0.15) is 22.3 Å². The largest absolute Gasteiger partial charge is 0.456 e. The van der Waals surface area contributed by atoms with Crippen LogP contribution < -0.4 is 4.90 Å². The fraction of sp³-hybridized carbons (Fsp3) is 0.0164. The molecule has 0 radical (unpaired) electrons. The standard InChI is InChI=1S/C61H39NO/c1-2-19-40(20-3-1)42-21-4-5-22-43(42)47-26-9-15-33-56(47)62(57-34-16-10-27-48(57)49-29-18-36-59-60(49)50-28-11-17-35-58(50)63-59)41-37-38-55-51(39-41)46-25-8-14-32-54(46)61(55)52-30-12-6-23-44(52)45-24-7-13-31-53(45)61/h1-39H. The number of rotatable bonds is 6. The van der Waals surface area contributed by atoms with Crippen molar-refractivity contribution < 1.29 is 4.42 Å². The summed E-state index contributed by atoms with van der Waals surface area (Å²) in [6.07, 6.45) is 0. The van der Waals surface area contributed by atoms with Crippen LogP contribution in [-0.2, 0) is 5.41 Å². The Bertz CT molecular complexity index is 3550. The van der Waals surface area contributed by atoms with Gasteiger partial charge in [-0.05, 0) is 103 Å². The second-order valence-corrected chi connectivity index (χ2v) is 16.7. The van der Waals surface area contributed by atoms with Gasteiger partial charge in [0.25, 0.3) is 0 Å². The molecule has 2 nitrogen and oxygen atoms in total. The minimum absolute atomic E-state index is 0.426. The Morgan fingerprint density at radius 1 is 0.302 bits per heavy atom. The highest BCUT2D eigenvalue weighted by molar-refractivity contribution is 6.14. The third kappa shape index (κ3) is 5.13. The van der Waals surface area contributed by atoms with Crippen LogP contribution in [0.2, 0.25) is 0 Å². The smallest absolute Gasteiger partial charge is 0.136 e. The Morgan fingerprint density at radius 3 is 1.43 bits per heavy atom. The molecule has 10 aromatic carbocycles. The number of nitrogens with zero attached hydrogens (tertiary/aromatic N) is 1. The molecule has 1 heterocycles. The fourth-order valence-corrected chi connectivity index (χ4v) is 11.0. The summed E-state index contributed by atoms with van der Waals surface area (Å²) in [5.41, 5.74) is 22.0. The van der Waals surface area contributed by atoms with Crippen LogP contribution in [0.3, 0.4) is 0 Å². The lowest BCUT2D eigenvalue weighted by Gasteiger charge is -2.32. The zero-order valence-electron chi connectivity index (χ0n) is 34.4. The topological polar surface area (TPSA) is 16.4 Å². The highest BCUT2D eigenvalue weighted by Gasteiger charge is 2.51. The molecule has 0 unspecified atom stereocenters. The van der Waals surface area contributed by atoms with Crippen molar-refractivity contribution in [3.63, 3.8) is 0 Å². The van der Waals surface area contributed by atoms with E-state index in [-0.39, 0.29) is 0 Å². The van der Waals surface area contributed by atoms with Gasteiger partial charge in [0.2, 0.25) is 0 Å². The zero-order chi connectivity index (χ0) is 41.5. The van der Waals surface area contributed by atoms with E-state index in [1.54, 1.807) is 0 Å². The van der Waals surface area contributed by atoms with E-state index in [2.05, 4.69) is 235 Å². The van der Waals surface area contributed by atoms with Gasteiger partial charge in [0.1, 0.15) is 11.2 Å². The third-order valence-electron chi connectivity index (χ3n) is 13.5. The van der Waals surface area contributed by atoms with Crippen LogP contribution in [-0.4, -0.2) is 0 Å². The minimum Gasteiger partial charge on any atom is -0.456 e. The molecule has 0 bridgehead atoms. The van der Waals surface area contributed by atoms with Gasteiger partial charge < -0.3 is 9.32 Å². The molecular formula is C61H39NO. The van der Waals surface area contributed by atoms with Crippen LogP contribution in [0, 0.1) is 0 Å². The Hall–Kier alpha value is -8.20. The molecular weight excluding hydrogens is 763 g/mol. The molecule has 11 aromatic rings. The average molecular weight is 802 g/mol. The van der Waals surface area contributed by atoms with Crippen LogP contribution in [0.5, 0.6) is 0 Å². The quantitative estimate of drug-likeness (QED) is 0.167. The molecule has 2 heteroatoms. The lowest BCUT2D eigenvalue weighted by molar-refractivity contribution is 0.669. The number of anilines is 3. The van der Waals surface area contributed by atoms with Gasteiger partial charge in [-0.15, -0.1) is 0 Å². The molecule has 2 aliphatic carbocycles. The normalized spacial score (nSPS) is 12.9. The maximum absolute atomic E-state index is 6.48. The molecule has 0 saturated heterocycles. The van der Waals surface area contributed by atoms with Gasteiger partial charge in [-0.25, -0.2) is 0 Å². The molecule has 0 N–H and O–H groups in total. The number of hydrogen-bond donors (Lipinski definition) is 0. The second kappa shape index (κ2) is 13.9. The summed E-state index contributed by atoms with van der Waals surface area (Å²) in [6, 6.07) is 86.5. The maximum atomic E-state index is 6.48.